The van der Waals surface area contributed by atoms with Gasteiger partial charge in [0, 0.05) is 22.3 Å². The van der Waals surface area contributed by atoms with Crippen LogP contribution in [-0.2, 0) is 19.6 Å². The molecule has 1 N–H and O–H groups in total. The number of sulfonamides is 1. The number of thiophene rings is 1. The van der Waals surface area contributed by atoms with Crippen LogP contribution in [-0.4, -0.2) is 25.5 Å². The molecule has 7 atom stereocenters. The van der Waals surface area contributed by atoms with Gasteiger partial charge in [-0.3, -0.25) is 9.59 Å². The molecule has 0 radical (unpaired) electrons. The molecule has 0 spiro atoms. The van der Waals surface area contributed by atoms with E-state index in [2.05, 4.69) is 45.4 Å². The molecule has 8 heteroatoms. The lowest BCUT2D eigenvalue weighted by atomic mass is 9.35. The van der Waals surface area contributed by atoms with Gasteiger partial charge in [0.25, 0.3) is 10.0 Å². The SMILES string of the molecule is CC1(C)CC[C@]2(NS(=O)(=O)c3cccs3)CC[C@]3(C)[C@H](C(=O)C=C4[C@@]5(C)C=C(C#N)C(=O)C(C)(C)[C@@H]5CC[C@]43C)[C@H]2C1. The van der Waals surface area contributed by atoms with Crippen molar-refractivity contribution in [2.75, 3.05) is 0 Å². The van der Waals surface area contributed by atoms with Gasteiger partial charge in [0.05, 0.1) is 5.57 Å². The number of nitriles is 1. The number of ketones is 2. The third kappa shape index (κ3) is 3.85. The minimum atomic E-state index is -3.73. The number of Topliss-reactive ketones (excluding diaryl/α,β-unsaturated/α-hetero) is 1. The molecule has 6 rings (SSSR count). The molecule has 0 bridgehead atoms. The Morgan fingerprint density at radius 1 is 1.00 bits per heavy atom. The number of allylic oxidation sites excluding steroid dienone is 4. The summed E-state index contributed by atoms with van der Waals surface area (Å²) in [6.07, 6.45) is 9.26. The summed E-state index contributed by atoms with van der Waals surface area (Å²) in [7, 11) is -3.73. The van der Waals surface area contributed by atoms with Crippen molar-refractivity contribution in [1.82, 2.24) is 4.72 Å². The first-order valence-corrected chi connectivity index (χ1v) is 17.8. The van der Waals surface area contributed by atoms with E-state index in [0.29, 0.717) is 17.1 Å². The van der Waals surface area contributed by atoms with Crippen LogP contribution >= 0.6 is 11.3 Å². The van der Waals surface area contributed by atoms with E-state index in [1.165, 1.54) is 11.3 Å². The fourth-order valence-electron chi connectivity index (χ4n) is 10.5. The Kier molecular flexibility index (Phi) is 6.41. The Hall–Kier alpha value is -2.08. The Morgan fingerprint density at radius 3 is 2.33 bits per heavy atom. The highest BCUT2D eigenvalue weighted by atomic mass is 32.2. The molecule has 1 heterocycles. The van der Waals surface area contributed by atoms with Crippen LogP contribution in [0.3, 0.4) is 0 Å². The number of carbonyl (C=O) groups is 2. The molecular weight excluding hydrogens is 565 g/mol. The van der Waals surface area contributed by atoms with Crippen LogP contribution in [0.5, 0.6) is 0 Å². The van der Waals surface area contributed by atoms with E-state index < -0.39 is 26.4 Å². The van der Waals surface area contributed by atoms with Crippen LogP contribution < -0.4 is 4.72 Å². The monoisotopic (exact) mass is 608 g/mol. The molecule has 226 valence electrons. The van der Waals surface area contributed by atoms with Crippen LogP contribution in [0.15, 0.2) is 45.0 Å². The number of rotatable bonds is 3. The molecule has 3 fully saturated rings. The predicted octanol–water partition coefficient (Wildman–Crippen LogP) is 7.00. The zero-order chi connectivity index (χ0) is 30.7. The van der Waals surface area contributed by atoms with Gasteiger partial charge in [-0.25, -0.2) is 13.1 Å². The highest BCUT2D eigenvalue weighted by molar-refractivity contribution is 7.91. The molecule has 6 nitrogen and oxygen atoms in total. The molecule has 0 saturated heterocycles. The van der Waals surface area contributed by atoms with Crippen LogP contribution in [0.4, 0.5) is 0 Å². The number of hydrogen-bond acceptors (Lipinski definition) is 6. The van der Waals surface area contributed by atoms with Crippen molar-refractivity contribution >= 4 is 32.9 Å². The van der Waals surface area contributed by atoms with Crippen LogP contribution in [0.2, 0.25) is 0 Å². The van der Waals surface area contributed by atoms with Crippen molar-refractivity contribution in [3.8, 4) is 6.07 Å². The summed E-state index contributed by atoms with van der Waals surface area (Å²) in [6, 6.07) is 5.58. The molecular formula is C34H44N2O4S2. The first kappa shape index (κ1) is 30.0. The van der Waals surface area contributed by atoms with Crippen molar-refractivity contribution in [3.63, 3.8) is 0 Å². The minimum Gasteiger partial charge on any atom is -0.295 e. The average Bonchev–Trinajstić information content (AvgIpc) is 3.45. The lowest BCUT2D eigenvalue weighted by Gasteiger charge is -2.69. The summed E-state index contributed by atoms with van der Waals surface area (Å²) in [4.78, 5) is 27.9. The minimum absolute atomic E-state index is 0.00391. The van der Waals surface area contributed by atoms with E-state index >= 15 is 0 Å². The summed E-state index contributed by atoms with van der Waals surface area (Å²) >= 11 is 1.22. The summed E-state index contributed by atoms with van der Waals surface area (Å²) in [5, 5.41) is 11.7. The smallest absolute Gasteiger partial charge is 0.250 e. The Labute approximate surface area is 255 Å². The van der Waals surface area contributed by atoms with E-state index in [-0.39, 0.29) is 51.1 Å². The number of fused-ring (bicyclic) bond motifs is 7. The summed E-state index contributed by atoms with van der Waals surface area (Å²) in [6.45, 7) is 15.1. The first-order valence-electron chi connectivity index (χ1n) is 15.4. The highest BCUT2D eigenvalue weighted by Crippen LogP contribution is 2.73. The molecule has 0 amide bonds. The van der Waals surface area contributed by atoms with Gasteiger partial charge in [0.15, 0.2) is 11.6 Å². The number of carbonyl (C=O) groups excluding carboxylic acids is 2. The van der Waals surface area contributed by atoms with Gasteiger partial charge >= 0.3 is 0 Å². The van der Waals surface area contributed by atoms with E-state index in [0.717, 1.165) is 37.7 Å². The van der Waals surface area contributed by atoms with Gasteiger partial charge in [-0.1, -0.05) is 66.2 Å². The summed E-state index contributed by atoms with van der Waals surface area (Å²) in [5.74, 6) is -0.473. The zero-order valence-electron chi connectivity index (χ0n) is 26.0. The lowest BCUT2D eigenvalue weighted by Crippen LogP contribution is -2.69. The number of nitrogens with one attached hydrogen (secondary N) is 1. The standard InChI is InChI=1S/C34H44N2O4S2/c1-29(2)12-14-34(36-42(39,40)26-9-8-16-41-26)15-13-33(7)27(22(34)19-29)23(37)17-25-31(5)18-21(20-35)28(38)30(3,4)24(31)10-11-32(25,33)6/h8-9,16-18,22,24,27,36H,10-15,19H2,1-7H3/t22-,24+,27+,31+,32-,33-,34+/m1/s1. The quantitative estimate of drug-likeness (QED) is 0.398. The molecule has 5 aliphatic carbocycles. The van der Waals surface area contributed by atoms with E-state index in [9.17, 15) is 23.3 Å². The first-order chi connectivity index (χ1) is 19.4. The second kappa shape index (κ2) is 8.99. The Balaban J connectivity index is 1.50. The Bertz CT molecular complexity index is 1580. The fraction of sp³-hybridized carbons (Fsp3) is 0.676. The van der Waals surface area contributed by atoms with Gasteiger partial charge in [-0.15, -0.1) is 11.3 Å². The van der Waals surface area contributed by atoms with Gasteiger partial charge in [0.2, 0.25) is 0 Å². The number of hydrogen-bond donors (Lipinski definition) is 1. The van der Waals surface area contributed by atoms with Crippen molar-refractivity contribution in [2.45, 2.75) is 103 Å². The molecule has 42 heavy (non-hydrogen) atoms. The molecule has 1 aromatic rings. The van der Waals surface area contributed by atoms with E-state index in [1.54, 1.807) is 17.5 Å². The van der Waals surface area contributed by atoms with E-state index in [1.807, 2.05) is 26.0 Å². The zero-order valence-corrected chi connectivity index (χ0v) is 27.6. The van der Waals surface area contributed by atoms with Gasteiger partial charge in [-0.2, -0.15) is 5.26 Å². The third-order valence-electron chi connectivity index (χ3n) is 13.0. The van der Waals surface area contributed by atoms with Crippen LogP contribution in [0, 0.1) is 56.2 Å². The largest absolute Gasteiger partial charge is 0.295 e. The number of nitrogens with zero attached hydrogens (tertiary/aromatic N) is 1. The van der Waals surface area contributed by atoms with Gasteiger partial charge in [-0.05, 0) is 90.5 Å². The van der Waals surface area contributed by atoms with Crippen molar-refractivity contribution < 1.29 is 18.0 Å². The highest BCUT2D eigenvalue weighted by Gasteiger charge is 2.70. The Morgan fingerprint density at radius 2 is 1.69 bits per heavy atom. The topological polar surface area (TPSA) is 104 Å². The summed E-state index contributed by atoms with van der Waals surface area (Å²) in [5.41, 5.74) is -1.42. The van der Waals surface area contributed by atoms with E-state index in [4.69, 9.17) is 0 Å². The maximum absolute atomic E-state index is 14.6. The molecule has 0 aromatic carbocycles. The predicted molar refractivity (Wildman–Crippen MR) is 164 cm³/mol. The lowest BCUT2D eigenvalue weighted by molar-refractivity contribution is -0.159. The fourth-order valence-corrected chi connectivity index (χ4v) is 13.0. The molecule has 3 saturated carbocycles. The normalized spacial score (nSPS) is 42.2. The van der Waals surface area contributed by atoms with Crippen LogP contribution in [0.1, 0.15) is 93.4 Å². The maximum atomic E-state index is 14.6. The molecule has 5 aliphatic rings. The molecule has 0 unspecified atom stereocenters. The van der Waals surface area contributed by atoms with Crippen LogP contribution in [0.25, 0.3) is 0 Å². The second-order valence-corrected chi connectivity index (χ2v) is 18.8. The average molecular weight is 609 g/mol. The summed E-state index contributed by atoms with van der Waals surface area (Å²) < 4.78 is 30.9. The van der Waals surface area contributed by atoms with Gasteiger partial charge in [0.1, 0.15) is 10.3 Å². The van der Waals surface area contributed by atoms with Crippen molar-refractivity contribution in [1.29, 1.82) is 5.26 Å². The third-order valence-corrected chi connectivity index (χ3v) is 15.9. The molecule has 1 aromatic heterocycles. The molecule has 0 aliphatic heterocycles. The van der Waals surface area contributed by atoms with Crippen molar-refractivity contribution in [3.05, 3.63) is 40.8 Å². The second-order valence-electron chi connectivity index (χ2n) is 16.0. The van der Waals surface area contributed by atoms with Gasteiger partial charge < -0.3 is 0 Å². The maximum Gasteiger partial charge on any atom is 0.250 e. The van der Waals surface area contributed by atoms with Crippen molar-refractivity contribution in [2.24, 2.45) is 44.8 Å².